The molecule has 2 aliphatic heterocycles. The van der Waals surface area contributed by atoms with Crippen LogP contribution in [0.3, 0.4) is 0 Å². The average molecular weight is 226 g/mol. The number of nitrogens with one attached hydrogen (secondary N) is 1. The fourth-order valence-corrected chi connectivity index (χ4v) is 2.70. The van der Waals surface area contributed by atoms with Gasteiger partial charge in [-0.3, -0.25) is 0 Å². The summed E-state index contributed by atoms with van der Waals surface area (Å²) in [5.41, 5.74) is 0. The van der Waals surface area contributed by atoms with Crippen LogP contribution < -0.4 is 5.32 Å². The highest BCUT2D eigenvalue weighted by Gasteiger charge is 2.23. The zero-order valence-electron chi connectivity index (χ0n) is 10.7. The number of nitrogens with zero attached hydrogens (tertiary/aromatic N) is 1. The zero-order valence-corrected chi connectivity index (χ0v) is 10.7. The van der Waals surface area contributed by atoms with Crippen LogP contribution in [0.4, 0.5) is 0 Å². The molecule has 2 rings (SSSR count). The van der Waals surface area contributed by atoms with E-state index >= 15 is 0 Å². The molecule has 0 aromatic rings. The van der Waals surface area contributed by atoms with Crippen LogP contribution in [0, 0.1) is 11.8 Å². The number of piperidine rings is 1. The van der Waals surface area contributed by atoms with Crippen molar-refractivity contribution >= 4 is 0 Å². The van der Waals surface area contributed by atoms with E-state index in [1.54, 1.807) is 0 Å². The molecule has 0 radical (unpaired) electrons. The third-order valence-electron chi connectivity index (χ3n) is 4.21. The summed E-state index contributed by atoms with van der Waals surface area (Å²) in [4.78, 5) is 2.63. The van der Waals surface area contributed by atoms with Crippen LogP contribution in [0.25, 0.3) is 0 Å². The maximum absolute atomic E-state index is 5.48. The molecule has 0 spiro atoms. The molecular formula is C13H26N2O. The Hall–Kier alpha value is -0.120. The van der Waals surface area contributed by atoms with Crippen molar-refractivity contribution in [2.45, 2.75) is 32.7 Å². The molecular weight excluding hydrogens is 200 g/mol. The van der Waals surface area contributed by atoms with Crippen molar-refractivity contribution in [2.24, 2.45) is 11.8 Å². The highest BCUT2D eigenvalue weighted by molar-refractivity contribution is 4.77. The Kier molecular flexibility index (Phi) is 4.62. The number of ether oxygens (including phenoxy) is 1. The maximum atomic E-state index is 5.48. The van der Waals surface area contributed by atoms with Gasteiger partial charge in [0.05, 0.1) is 13.2 Å². The van der Waals surface area contributed by atoms with Crippen molar-refractivity contribution in [1.29, 1.82) is 0 Å². The van der Waals surface area contributed by atoms with Gasteiger partial charge in [0.2, 0.25) is 0 Å². The second-order valence-electron chi connectivity index (χ2n) is 5.56. The van der Waals surface area contributed by atoms with E-state index in [4.69, 9.17) is 4.74 Å². The predicted molar refractivity (Wildman–Crippen MR) is 66.6 cm³/mol. The minimum Gasteiger partial charge on any atom is -0.379 e. The van der Waals surface area contributed by atoms with Crippen molar-refractivity contribution in [3.63, 3.8) is 0 Å². The summed E-state index contributed by atoms with van der Waals surface area (Å²) in [5.74, 6) is 1.77. The Morgan fingerprint density at radius 3 is 2.88 bits per heavy atom. The van der Waals surface area contributed by atoms with E-state index in [-0.39, 0.29) is 0 Å². The molecule has 2 aliphatic rings. The van der Waals surface area contributed by atoms with Gasteiger partial charge in [-0.15, -0.1) is 0 Å². The van der Waals surface area contributed by atoms with E-state index in [0.717, 1.165) is 31.6 Å². The summed E-state index contributed by atoms with van der Waals surface area (Å²) in [6.45, 7) is 11.4. The molecule has 2 saturated heterocycles. The minimum absolute atomic E-state index is 0.586. The van der Waals surface area contributed by atoms with Gasteiger partial charge in [-0.25, -0.2) is 0 Å². The maximum Gasteiger partial charge on any atom is 0.0620 e. The second kappa shape index (κ2) is 5.99. The van der Waals surface area contributed by atoms with Gasteiger partial charge < -0.3 is 15.0 Å². The first-order chi connectivity index (χ1) is 7.75. The van der Waals surface area contributed by atoms with E-state index in [0.29, 0.717) is 6.04 Å². The molecule has 3 atom stereocenters. The lowest BCUT2D eigenvalue weighted by molar-refractivity contribution is 0.0646. The smallest absolute Gasteiger partial charge is 0.0620 e. The summed E-state index contributed by atoms with van der Waals surface area (Å²) < 4.78 is 5.48. The molecule has 1 N–H and O–H groups in total. The molecule has 0 aromatic carbocycles. The zero-order chi connectivity index (χ0) is 11.4. The first-order valence-corrected chi connectivity index (χ1v) is 6.79. The predicted octanol–water partition coefficient (Wildman–Crippen LogP) is 1.34. The summed E-state index contributed by atoms with van der Waals surface area (Å²) in [6.07, 6.45) is 2.61. The largest absolute Gasteiger partial charge is 0.379 e. The Balaban J connectivity index is 1.65. The number of hydrogen-bond donors (Lipinski definition) is 1. The van der Waals surface area contributed by atoms with Crippen LogP contribution in [-0.2, 0) is 4.74 Å². The lowest BCUT2D eigenvalue weighted by atomic mass is 9.88. The lowest BCUT2D eigenvalue weighted by Crippen LogP contribution is -2.45. The van der Waals surface area contributed by atoms with E-state index < -0.39 is 0 Å². The molecule has 3 heteroatoms. The van der Waals surface area contributed by atoms with Crippen LogP contribution >= 0.6 is 0 Å². The van der Waals surface area contributed by atoms with E-state index in [9.17, 15) is 0 Å². The third kappa shape index (κ3) is 3.44. The highest BCUT2D eigenvalue weighted by atomic mass is 16.5. The molecule has 16 heavy (non-hydrogen) atoms. The van der Waals surface area contributed by atoms with Crippen LogP contribution in [0.15, 0.2) is 0 Å². The summed E-state index contributed by atoms with van der Waals surface area (Å²) in [7, 11) is 0. The standard InChI is InChI=1S/C13H26N2O/c1-11-3-6-15(9-12(11)2)7-4-13-10-16-8-5-14-13/h11-14H,3-10H2,1-2H3. The highest BCUT2D eigenvalue weighted by Crippen LogP contribution is 2.22. The number of rotatable bonds is 3. The fourth-order valence-electron chi connectivity index (χ4n) is 2.70. The van der Waals surface area contributed by atoms with Gasteiger partial charge in [-0.05, 0) is 37.8 Å². The van der Waals surface area contributed by atoms with Crippen molar-refractivity contribution < 1.29 is 4.74 Å². The number of morpholine rings is 1. The minimum atomic E-state index is 0.586. The molecule has 0 bridgehead atoms. The van der Waals surface area contributed by atoms with Crippen LogP contribution in [0.1, 0.15) is 26.7 Å². The molecule has 94 valence electrons. The Morgan fingerprint density at radius 1 is 1.31 bits per heavy atom. The topological polar surface area (TPSA) is 24.5 Å². The van der Waals surface area contributed by atoms with E-state index in [2.05, 4.69) is 24.1 Å². The monoisotopic (exact) mass is 226 g/mol. The van der Waals surface area contributed by atoms with Crippen molar-refractivity contribution in [2.75, 3.05) is 39.4 Å². The van der Waals surface area contributed by atoms with Crippen LogP contribution in [0.2, 0.25) is 0 Å². The summed E-state index contributed by atoms with van der Waals surface area (Å²) >= 11 is 0. The van der Waals surface area contributed by atoms with Gasteiger partial charge in [0, 0.05) is 19.1 Å². The number of hydrogen-bond acceptors (Lipinski definition) is 3. The Bertz CT molecular complexity index is 204. The SMILES string of the molecule is CC1CCN(CCC2COCCN2)CC1C. The Morgan fingerprint density at radius 2 is 2.19 bits per heavy atom. The van der Waals surface area contributed by atoms with Crippen molar-refractivity contribution in [3.05, 3.63) is 0 Å². The molecule has 0 amide bonds. The second-order valence-corrected chi connectivity index (χ2v) is 5.56. The number of likely N-dealkylation sites (tertiary alicyclic amines) is 1. The summed E-state index contributed by atoms with van der Waals surface area (Å²) in [6, 6.07) is 0.586. The van der Waals surface area contributed by atoms with Gasteiger partial charge in [0.15, 0.2) is 0 Å². The van der Waals surface area contributed by atoms with Gasteiger partial charge in [0.1, 0.15) is 0 Å². The first kappa shape index (κ1) is 12.3. The molecule has 3 unspecified atom stereocenters. The molecule has 2 fully saturated rings. The molecule has 3 nitrogen and oxygen atoms in total. The van der Waals surface area contributed by atoms with E-state index in [1.165, 1.54) is 32.5 Å². The van der Waals surface area contributed by atoms with Crippen LogP contribution in [-0.4, -0.2) is 50.3 Å². The van der Waals surface area contributed by atoms with Gasteiger partial charge in [-0.2, -0.15) is 0 Å². The fraction of sp³-hybridized carbons (Fsp3) is 1.00. The quantitative estimate of drug-likeness (QED) is 0.786. The van der Waals surface area contributed by atoms with Gasteiger partial charge in [-0.1, -0.05) is 13.8 Å². The normalized spacial score (nSPS) is 37.5. The van der Waals surface area contributed by atoms with Crippen molar-refractivity contribution in [3.8, 4) is 0 Å². The molecule has 0 aromatic heterocycles. The van der Waals surface area contributed by atoms with Gasteiger partial charge in [0.25, 0.3) is 0 Å². The average Bonchev–Trinajstić information content (AvgIpc) is 2.32. The van der Waals surface area contributed by atoms with E-state index in [1.807, 2.05) is 0 Å². The molecule has 0 saturated carbocycles. The van der Waals surface area contributed by atoms with Crippen LogP contribution in [0.5, 0.6) is 0 Å². The first-order valence-electron chi connectivity index (χ1n) is 6.79. The lowest BCUT2D eigenvalue weighted by Gasteiger charge is -2.36. The summed E-state index contributed by atoms with van der Waals surface area (Å²) in [5, 5.41) is 3.53. The van der Waals surface area contributed by atoms with Gasteiger partial charge >= 0.3 is 0 Å². The Labute approximate surface area is 99.5 Å². The van der Waals surface area contributed by atoms with Crippen molar-refractivity contribution in [1.82, 2.24) is 10.2 Å². The third-order valence-corrected chi connectivity index (χ3v) is 4.21. The molecule has 2 heterocycles. The molecule has 0 aliphatic carbocycles.